The van der Waals surface area contributed by atoms with Gasteiger partial charge in [0.05, 0.1) is 17.3 Å². The molecule has 0 aliphatic rings. The molecule has 0 spiro atoms. The summed E-state index contributed by atoms with van der Waals surface area (Å²) in [7, 11) is 1.31. The number of amides is 1. The highest BCUT2D eigenvalue weighted by Gasteiger charge is 2.12. The van der Waals surface area contributed by atoms with E-state index in [0.29, 0.717) is 4.80 Å². The summed E-state index contributed by atoms with van der Waals surface area (Å²) < 4.78 is 20.3. The van der Waals surface area contributed by atoms with E-state index in [9.17, 15) is 14.0 Å². The fourth-order valence-corrected chi connectivity index (χ4v) is 3.48. The molecular formula is C18H15FN2O3S. The smallest absolute Gasteiger partial charge is 0.325 e. The molecule has 2 aromatic carbocycles. The van der Waals surface area contributed by atoms with Crippen molar-refractivity contribution in [1.82, 2.24) is 4.57 Å². The number of carbonyl (C=O) groups is 2. The summed E-state index contributed by atoms with van der Waals surface area (Å²) in [5.41, 5.74) is 2.14. The van der Waals surface area contributed by atoms with Gasteiger partial charge in [-0.15, -0.1) is 0 Å². The van der Waals surface area contributed by atoms with E-state index in [1.807, 2.05) is 25.1 Å². The molecule has 0 aliphatic heterocycles. The van der Waals surface area contributed by atoms with Gasteiger partial charge in [-0.1, -0.05) is 17.4 Å². The molecule has 128 valence electrons. The Balaban J connectivity index is 2.13. The number of esters is 1. The van der Waals surface area contributed by atoms with Crippen molar-refractivity contribution in [2.24, 2.45) is 4.99 Å². The SMILES string of the molecule is COC(=O)Cn1c(=NC(=O)c2ccc(F)cc2)sc2cc(C)ccc21. The van der Waals surface area contributed by atoms with Crippen LogP contribution in [0.15, 0.2) is 47.5 Å². The molecule has 3 aromatic rings. The quantitative estimate of drug-likeness (QED) is 0.676. The molecule has 0 N–H and O–H groups in total. The Morgan fingerprint density at radius 3 is 2.60 bits per heavy atom. The number of methoxy groups -OCH3 is 1. The van der Waals surface area contributed by atoms with E-state index in [2.05, 4.69) is 4.99 Å². The highest BCUT2D eigenvalue weighted by molar-refractivity contribution is 7.16. The number of hydrogen-bond acceptors (Lipinski definition) is 4. The van der Waals surface area contributed by atoms with Crippen LogP contribution in [-0.4, -0.2) is 23.6 Å². The minimum Gasteiger partial charge on any atom is -0.468 e. The maximum absolute atomic E-state index is 13.0. The maximum atomic E-state index is 13.0. The van der Waals surface area contributed by atoms with Gasteiger partial charge in [0.25, 0.3) is 5.91 Å². The molecule has 1 heterocycles. The summed E-state index contributed by atoms with van der Waals surface area (Å²) in [5, 5.41) is 0. The van der Waals surface area contributed by atoms with Gasteiger partial charge in [-0.05, 0) is 48.9 Å². The number of hydrogen-bond donors (Lipinski definition) is 0. The zero-order valence-corrected chi connectivity index (χ0v) is 14.5. The van der Waals surface area contributed by atoms with Crippen molar-refractivity contribution >= 4 is 33.4 Å². The second-order valence-electron chi connectivity index (χ2n) is 5.44. The zero-order chi connectivity index (χ0) is 18.0. The first-order chi connectivity index (χ1) is 12.0. The number of carbonyl (C=O) groups excluding carboxylic acids is 2. The van der Waals surface area contributed by atoms with Gasteiger partial charge in [0.1, 0.15) is 12.4 Å². The number of rotatable bonds is 3. The fourth-order valence-electron chi connectivity index (χ4n) is 2.36. The second kappa shape index (κ2) is 6.98. The molecule has 5 nitrogen and oxygen atoms in total. The van der Waals surface area contributed by atoms with E-state index in [0.717, 1.165) is 15.8 Å². The van der Waals surface area contributed by atoms with Crippen LogP contribution < -0.4 is 4.80 Å². The van der Waals surface area contributed by atoms with Gasteiger partial charge in [0.2, 0.25) is 0 Å². The molecule has 1 amide bonds. The normalized spacial score (nSPS) is 11.7. The summed E-state index contributed by atoms with van der Waals surface area (Å²) in [6.45, 7) is 1.92. The van der Waals surface area contributed by atoms with Crippen LogP contribution in [0.25, 0.3) is 10.2 Å². The first-order valence-electron chi connectivity index (χ1n) is 7.49. The number of benzene rings is 2. The fraction of sp³-hybridized carbons (Fsp3) is 0.167. The van der Waals surface area contributed by atoms with Crippen molar-refractivity contribution in [3.05, 3.63) is 64.2 Å². The number of thiazole rings is 1. The number of halogens is 1. The van der Waals surface area contributed by atoms with Crippen molar-refractivity contribution in [3.8, 4) is 0 Å². The molecule has 0 unspecified atom stereocenters. The average molecular weight is 358 g/mol. The largest absolute Gasteiger partial charge is 0.468 e. The molecule has 25 heavy (non-hydrogen) atoms. The van der Waals surface area contributed by atoms with Crippen molar-refractivity contribution in [2.45, 2.75) is 13.5 Å². The van der Waals surface area contributed by atoms with Crippen LogP contribution in [0.3, 0.4) is 0 Å². The molecule has 3 rings (SSSR count). The summed E-state index contributed by atoms with van der Waals surface area (Å²) >= 11 is 1.31. The highest BCUT2D eigenvalue weighted by atomic mass is 32.1. The summed E-state index contributed by atoms with van der Waals surface area (Å²) in [4.78, 5) is 28.6. The van der Waals surface area contributed by atoms with Crippen LogP contribution in [0.2, 0.25) is 0 Å². The standard InChI is InChI=1S/C18H15FN2O3S/c1-11-3-8-14-15(9-11)25-18(21(14)10-16(22)24-2)20-17(23)12-4-6-13(19)7-5-12/h3-9H,10H2,1-2H3. The second-order valence-corrected chi connectivity index (χ2v) is 6.45. The first kappa shape index (κ1) is 17.0. The molecule has 0 saturated carbocycles. The van der Waals surface area contributed by atoms with E-state index in [1.165, 1.54) is 42.7 Å². The average Bonchev–Trinajstić information content (AvgIpc) is 2.91. The molecule has 0 saturated heterocycles. The molecule has 0 bridgehead atoms. The summed E-state index contributed by atoms with van der Waals surface area (Å²) in [6.07, 6.45) is 0. The Bertz CT molecular complexity index is 1020. The number of nitrogens with zero attached hydrogens (tertiary/aromatic N) is 2. The molecule has 0 aliphatic carbocycles. The molecular weight excluding hydrogens is 343 g/mol. The predicted molar refractivity (Wildman–Crippen MR) is 92.9 cm³/mol. The molecule has 7 heteroatoms. The van der Waals surface area contributed by atoms with Gasteiger partial charge in [0.15, 0.2) is 4.80 Å². The van der Waals surface area contributed by atoms with Crippen molar-refractivity contribution in [2.75, 3.05) is 7.11 Å². The molecule has 0 fully saturated rings. The third-order valence-corrected chi connectivity index (χ3v) is 4.68. The minimum atomic E-state index is -0.498. The minimum absolute atomic E-state index is 0.0465. The topological polar surface area (TPSA) is 60.7 Å². The monoisotopic (exact) mass is 358 g/mol. The Labute approximate surface area is 147 Å². The van der Waals surface area contributed by atoms with Crippen molar-refractivity contribution in [1.29, 1.82) is 0 Å². The summed E-state index contributed by atoms with van der Waals surface area (Å²) in [6, 6.07) is 10.9. The number of aromatic nitrogens is 1. The molecule has 0 radical (unpaired) electrons. The van der Waals surface area contributed by atoms with Crippen LogP contribution in [0.1, 0.15) is 15.9 Å². The van der Waals surface area contributed by atoms with E-state index >= 15 is 0 Å². The van der Waals surface area contributed by atoms with Crippen LogP contribution in [0.4, 0.5) is 4.39 Å². The van der Waals surface area contributed by atoms with Gasteiger partial charge in [-0.3, -0.25) is 9.59 Å². The van der Waals surface area contributed by atoms with E-state index in [1.54, 1.807) is 4.57 Å². The van der Waals surface area contributed by atoms with Crippen LogP contribution in [0, 0.1) is 12.7 Å². The van der Waals surface area contributed by atoms with Gasteiger partial charge in [-0.2, -0.15) is 4.99 Å². The van der Waals surface area contributed by atoms with Crippen molar-refractivity contribution < 1.29 is 18.7 Å². The van der Waals surface area contributed by atoms with Gasteiger partial charge >= 0.3 is 5.97 Å². The van der Waals surface area contributed by atoms with Gasteiger partial charge < -0.3 is 9.30 Å². The lowest BCUT2D eigenvalue weighted by Crippen LogP contribution is -2.22. The highest BCUT2D eigenvalue weighted by Crippen LogP contribution is 2.19. The molecule has 0 atom stereocenters. The Hall–Kier alpha value is -2.80. The lowest BCUT2D eigenvalue weighted by molar-refractivity contribution is -0.141. The predicted octanol–water partition coefficient (Wildman–Crippen LogP) is 3.06. The van der Waals surface area contributed by atoms with E-state index < -0.39 is 17.7 Å². The Morgan fingerprint density at radius 1 is 1.20 bits per heavy atom. The lowest BCUT2D eigenvalue weighted by atomic mass is 10.2. The summed E-state index contributed by atoms with van der Waals surface area (Å²) in [5.74, 6) is -1.35. The maximum Gasteiger partial charge on any atom is 0.325 e. The number of ether oxygens (including phenoxy) is 1. The van der Waals surface area contributed by atoms with Gasteiger partial charge in [-0.25, -0.2) is 4.39 Å². The van der Waals surface area contributed by atoms with Crippen LogP contribution in [0.5, 0.6) is 0 Å². The first-order valence-corrected chi connectivity index (χ1v) is 8.31. The lowest BCUT2D eigenvalue weighted by Gasteiger charge is -2.03. The molecule has 1 aromatic heterocycles. The zero-order valence-electron chi connectivity index (χ0n) is 13.7. The van der Waals surface area contributed by atoms with Crippen molar-refractivity contribution in [3.63, 3.8) is 0 Å². The Morgan fingerprint density at radius 2 is 1.92 bits per heavy atom. The number of aryl methyl sites for hydroxylation is 1. The Kier molecular flexibility index (Phi) is 4.76. The third-order valence-electron chi connectivity index (χ3n) is 3.64. The van der Waals surface area contributed by atoms with Gasteiger partial charge in [0, 0.05) is 5.56 Å². The van der Waals surface area contributed by atoms with Crippen LogP contribution >= 0.6 is 11.3 Å². The van der Waals surface area contributed by atoms with E-state index in [4.69, 9.17) is 4.74 Å². The van der Waals surface area contributed by atoms with Crippen LogP contribution in [-0.2, 0) is 16.1 Å². The van der Waals surface area contributed by atoms with E-state index in [-0.39, 0.29) is 12.1 Å². The third kappa shape index (κ3) is 3.66. The number of fused-ring (bicyclic) bond motifs is 1.